The summed E-state index contributed by atoms with van der Waals surface area (Å²) in [5, 5.41) is 11.8. The lowest BCUT2D eigenvalue weighted by molar-refractivity contribution is 0.594. The molecule has 1 atom stereocenters. The van der Waals surface area contributed by atoms with Crippen LogP contribution in [0.15, 0.2) is 18.3 Å². The molecule has 1 heterocycles. The fourth-order valence-electron chi connectivity index (χ4n) is 1.16. The molecule has 1 rings (SSSR count). The fraction of sp³-hybridized carbons (Fsp3) is 0.455. The SMILES string of the molecule is Cc1cccnc1CNCC(C)C#N. The predicted octanol–water partition coefficient (Wildman–Crippen LogP) is 1.64. The van der Waals surface area contributed by atoms with Crippen molar-refractivity contribution in [1.29, 1.82) is 5.26 Å². The van der Waals surface area contributed by atoms with E-state index >= 15 is 0 Å². The van der Waals surface area contributed by atoms with Gasteiger partial charge >= 0.3 is 0 Å². The van der Waals surface area contributed by atoms with Crippen molar-refractivity contribution in [2.24, 2.45) is 5.92 Å². The highest BCUT2D eigenvalue weighted by Gasteiger charge is 2.00. The van der Waals surface area contributed by atoms with Crippen LogP contribution in [-0.4, -0.2) is 11.5 Å². The van der Waals surface area contributed by atoms with Gasteiger partial charge in [0.15, 0.2) is 0 Å². The lowest BCUT2D eigenvalue weighted by Crippen LogP contribution is -2.20. The molecule has 0 saturated heterocycles. The van der Waals surface area contributed by atoms with Gasteiger partial charge in [-0.05, 0) is 25.5 Å². The first-order valence-corrected chi connectivity index (χ1v) is 4.75. The third kappa shape index (κ3) is 3.15. The van der Waals surface area contributed by atoms with E-state index < -0.39 is 0 Å². The van der Waals surface area contributed by atoms with E-state index in [1.165, 1.54) is 5.56 Å². The maximum absolute atomic E-state index is 8.58. The first kappa shape index (κ1) is 10.7. The third-order valence-electron chi connectivity index (χ3n) is 2.08. The summed E-state index contributed by atoms with van der Waals surface area (Å²) in [5.74, 6) is 0.0546. The minimum atomic E-state index is 0.0546. The van der Waals surface area contributed by atoms with Crippen molar-refractivity contribution in [3.63, 3.8) is 0 Å². The van der Waals surface area contributed by atoms with E-state index in [0.717, 1.165) is 12.2 Å². The van der Waals surface area contributed by atoms with Crippen molar-refractivity contribution < 1.29 is 0 Å². The first-order valence-electron chi connectivity index (χ1n) is 4.75. The van der Waals surface area contributed by atoms with Crippen LogP contribution in [0.4, 0.5) is 0 Å². The normalized spacial score (nSPS) is 12.1. The van der Waals surface area contributed by atoms with Gasteiger partial charge in [0.25, 0.3) is 0 Å². The summed E-state index contributed by atoms with van der Waals surface area (Å²) < 4.78 is 0. The zero-order valence-electron chi connectivity index (χ0n) is 8.62. The van der Waals surface area contributed by atoms with Crippen molar-refractivity contribution in [3.05, 3.63) is 29.6 Å². The average molecular weight is 189 g/mol. The van der Waals surface area contributed by atoms with Gasteiger partial charge in [0, 0.05) is 19.3 Å². The molecule has 0 amide bonds. The van der Waals surface area contributed by atoms with Gasteiger partial charge in [0.1, 0.15) is 0 Å². The number of hydrogen-bond donors (Lipinski definition) is 1. The summed E-state index contributed by atoms with van der Waals surface area (Å²) in [6.45, 7) is 5.39. The third-order valence-corrected chi connectivity index (χ3v) is 2.08. The highest BCUT2D eigenvalue weighted by molar-refractivity contribution is 5.17. The second-order valence-electron chi connectivity index (χ2n) is 3.43. The monoisotopic (exact) mass is 189 g/mol. The summed E-state index contributed by atoms with van der Waals surface area (Å²) in [6.07, 6.45) is 1.79. The van der Waals surface area contributed by atoms with Gasteiger partial charge in [-0.1, -0.05) is 6.07 Å². The molecule has 1 aromatic heterocycles. The second kappa shape index (κ2) is 5.36. The number of pyridine rings is 1. The van der Waals surface area contributed by atoms with Gasteiger partial charge in [0.05, 0.1) is 17.7 Å². The Morgan fingerprint density at radius 1 is 1.64 bits per heavy atom. The average Bonchev–Trinajstić information content (AvgIpc) is 2.20. The highest BCUT2D eigenvalue weighted by atomic mass is 14.9. The summed E-state index contributed by atoms with van der Waals surface area (Å²) in [7, 11) is 0. The van der Waals surface area contributed by atoms with E-state index in [9.17, 15) is 0 Å². The number of hydrogen-bond acceptors (Lipinski definition) is 3. The number of nitriles is 1. The lowest BCUT2D eigenvalue weighted by atomic mass is 10.2. The molecule has 0 aliphatic heterocycles. The van der Waals surface area contributed by atoms with Crippen LogP contribution in [0.2, 0.25) is 0 Å². The molecule has 14 heavy (non-hydrogen) atoms. The Morgan fingerprint density at radius 2 is 2.43 bits per heavy atom. The molecule has 1 unspecified atom stereocenters. The van der Waals surface area contributed by atoms with Crippen LogP contribution < -0.4 is 5.32 Å². The van der Waals surface area contributed by atoms with Crippen LogP contribution in [-0.2, 0) is 6.54 Å². The van der Waals surface area contributed by atoms with E-state index in [0.29, 0.717) is 6.54 Å². The molecule has 0 fully saturated rings. The number of nitrogens with one attached hydrogen (secondary N) is 1. The Labute approximate surface area is 84.8 Å². The Bertz CT molecular complexity index is 328. The Balaban J connectivity index is 2.40. The van der Waals surface area contributed by atoms with Gasteiger partial charge < -0.3 is 5.32 Å². The molecule has 3 nitrogen and oxygen atoms in total. The number of nitrogens with zero attached hydrogens (tertiary/aromatic N) is 2. The topological polar surface area (TPSA) is 48.7 Å². The summed E-state index contributed by atoms with van der Waals surface area (Å²) >= 11 is 0. The van der Waals surface area contributed by atoms with Crippen molar-refractivity contribution in [3.8, 4) is 6.07 Å². The second-order valence-corrected chi connectivity index (χ2v) is 3.43. The largest absolute Gasteiger partial charge is 0.310 e. The lowest BCUT2D eigenvalue weighted by Gasteiger charge is -2.07. The van der Waals surface area contributed by atoms with E-state index in [1.54, 1.807) is 6.20 Å². The maximum Gasteiger partial charge on any atom is 0.0666 e. The number of aryl methyl sites for hydroxylation is 1. The van der Waals surface area contributed by atoms with Crippen molar-refractivity contribution >= 4 is 0 Å². The molecule has 0 radical (unpaired) electrons. The van der Waals surface area contributed by atoms with Crippen molar-refractivity contribution in [1.82, 2.24) is 10.3 Å². The Hall–Kier alpha value is -1.40. The van der Waals surface area contributed by atoms with Crippen LogP contribution in [0, 0.1) is 24.2 Å². The molecule has 0 bridgehead atoms. The van der Waals surface area contributed by atoms with Crippen LogP contribution in [0.3, 0.4) is 0 Å². The molecule has 3 heteroatoms. The van der Waals surface area contributed by atoms with Crippen LogP contribution in [0.1, 0.15) is 18.2 Å². The number of rotatable bonds is 4. The Morgan fingerprint density at radius 3 is 3.07 bits per heavy atom. The zero-order chi connectivity index (χ0) is 10.4. The van der Waals surface area contributed by atoms with E-state index in [-0.39, 0.29) is 5.92 Å². The molecular weight excluding hydrogens is 174 g/mol. The predicted molar refractivity (Wildman–Crippen MR) is 55.5 cm³/mol. The minimum Gasteiger partial charge on any atom is -0.310 e. The summed E-state index contributed by atoms with van der Waals surface area (Å²) in [4.78, 5) is 4.26. The molecule has 1 aromatic rings. The Kier molecular flexibility index (Phi) is 4.09. The summed E-state index contributed by atoms with van der Waals surface area (Å²) in [5.41, 5.74) is 2.24. The standard InChI is InChI=1S/C11H15N3/c1-9(6-12)7-13-8-11-10(2)4-3-5-14-11/h3-5,9,13H,7-8H2,1-2H3. The first-order chi connectivity index (χ1) is 6.74. The molecule has 0 spiro atoms. The van der Waals surface area contributed by atoms with E-state index in [2.05, 4.69) is 16.4 Å². The molecule has 1 N–H and O–H groups in total. The van der Waals surface area contributed by atoms with Crippen molar-refractivity contribution in [2.75, 3.05) is 6.54 Å². The van der Waals surface area contributed by atoms with E-state index in [1.807, 2.05) is 26.0 Å². The molecule has 0 aromatic carbocycles. The van der Waals surface area contributed by atoms with Gasteiger partial charge in [-0.25, -0.2) is 0 Å². The summed E-state index contributed by atoms with van der Waals surface area (Å²) in [6, 6.07) is 6.15. The maximum atomic E-state index is 8.58. The smallest absolute Gasteiger partial charge is 0.0666 e. The van der Waals surface area contributed by atoms with Gasteiger partial charge in [0.2, 0.25) is 0 Å². The van der Waals surface area contributed by atoms with Crippen molar-refractivity contribution in [2.45, 2.75) is 20.4 Å². The minimum absolute atomic E-state index is 0.0546. The van der Waals surface area contributed by atoms with Gasteiger partial charge in [-0.2, -0.15) is 5.26 Å². The number of aromatic nitrogens is 1. The van der Waals surface area contributed by atoms with Crippen LogP contribution in [0.5, 0.6) is 0 Å². The van der Waals surface area contributed by atoms with Crippen LogP contribution >= 0.6 is 0 Å². The molecular formula is C11H15N3. The van der Waals surface area contributed by atoms with Gasteiger partial charge in [-0.3, -0.25) is 4.98 Å². The van der Waals surface area contributed by atoms with E-state index in [4.69, 9.17) is 5.26 Å². The quantitative estimate of drug-likeness (QED) is 0.783. The zero-order valence-corrected chi connectivity index (χ0v) is 8.62. The van der Waals surface area contributed by atoms with Crippen LogP contribution in [0.25, 0.3) is 0 Å². The highest BCUT2D eigenvalue weighted by Crippen LogP contribution is 2.02. The van der Waals surface area contributed by atoms with Gasteiger partial charge in [-0.15, -0.1) is 0 Å². The fourth-order valence-corrected chi connectivity index (χ4v) is 1.16. The molecule has 0 aliphatic carbocycles. The molecule has 0 aliphatic rings. The molecule has 74 valence electrons. The molecule has 0 saturated carbocycles.